The first kappa shape index (κ1) is 14.7. The molecule has 0 bridgehead atoms. The van der Waals surface area contributed by atoms with E-state index in [1.807, 2.05) is 6.20 Å². The van der Waals surface area contributed by atoms with Gasteiger partial charge in [-0.2, -0.15) is 0 Å². The Balaban J connectivity index is 1.77. The van der Waals surface area contributed by atoms with Crippen molar-refractivity contribution < 1.29 is 5.11 Å². The molecule has 0 atom stereocenters. The first-order valence-corrected chi connectivity index (χ1v) is 8.62. The fourth-order valence-corrected chi connectivity index (χ4v) is 4.11. The predicted octanol–water partition coefficient (Wildman–Crippen LogP) is 4.09. The lowest BCUT2D eigenvalue weighted by molar-refractivity contribution is 0.263. The molecule has 0 spiro atoms. The van der Waals surface area contributed by atoms with E-state index in [-0.39, 0.29) is 6.61 Å². The number of aryl methyl sites for hydroxylation is 1. The van der Waals surface area contributed by atoms with Crippen LogP contribution in [0.5, 0.6) is 0 Å². The third kappa shape index (κ3) is 3.33. The summed E-state index contributed by atoms with van der Waals surface area (Å²) in [5.41, 5.74) is 3.57. The number of benzene rings is 1. The third-order valence-electron chi connectivity index (χ3n) is 4.14. The van der Waals surface area contributed by atoms with Gasteiger partial charge in [-0.05, 0) is 25.3 Å². The van der Waals surface area contributed by atoms with Gasteiger partial charge >= 0.3 is 0 Å². The van der Waals surface area contributed by atoms with Gasteiger partial charge in [0.05, 0.1) is 18.5 Å². The molecule has 4 heteroatoms. The average molecular weight is 302 g/mol. The van der Waals surface area contributed by atoms with E-state index in [1.165, 1.54) is 36.8 Å². The Bertz CT molecular complexity index is 603. The van der Waals surface area contributed by atoms with Crippen LogP contribution in [-0.2, 0) is 12.4 Å². The molecule has 0 unspecified atom stereocenters. The molecule has 0 radical (unpaired) electrons. The highest BCUT2D eigenvalue weighted by atomic mass is 32.2. The van der Waals surface area contributed by atoms with Crippen molar-refractivity contribution in [2.75, 3.05) is 0 Å². The van der Waals surface area contributed by atoms with E-state index in [0.717, 1.165) is 16.6 Å². The summed E-state index contributed by atoms with van der Waals surface area (Å²) in [6, 6.07) is 9.14. The van der Waals surface area contributed by atoms with Crippen LogP contribution in [0.2, 0.25) is 0 Å². The van der Waals surface area contributed by atoms with Crippen molar-refractivity contribution in [3.8, 4) is 0 Å². The van der Waals surface area contributed by atoms with Crippen molar-refractivity contribution >= 4 is 11.8 Å². The van der Waals surface area contributed by atoms with Crippen molar-refractivity contribution in [1.29, 1.82) is 0 Å². The zero-order valence-electron chi connectivity index (χ0n) is 12.5. The Kier molecular flexibility index (Phi) is 4.66. The molecule has 112 valence electrons. The molecule has 21 heavy (non-hydrogen) atoms. The summed E-state index contributed by atoms with van der Waals surface area (Å²) in [5.74, 6) is 0.927. The minimum absolute atomic E-state index is 0.0779. The first-order chi connectivity index (χ1) is 10.3. The Morgan fingerprint density at radius 3 is 2.86 bits per heavy atom. The van der Waals surface area contributed by atoms with E-state index in [1.54, 1.807) is 11.8 Å². The largest absolute Gasteiger partial charge is 0.390 e. The van der Waals surface area contributed by atoms with Gasteiger partial charge in [0, 0.05) is 11.8 Å². The van der Waals surface area contributed by atoms with Crippen LogP contribution in [-0.4, -0.2) is 14.7 Å². The number of hydrogen-bond donors (Lipinski definition) is 1. The van der Waals surface area contributed by atoms with Crippen LogP contribution in [0.15, 0.2) is 35.6 Å². The van der Waals surface area contributed by atoms with Crippen molar-refractivity contribution in [2.45, 2.75) is 56.2 Å². The summed E-state index contributed by atoms with van der Waals surface area (Å²) in [6.45, 7) is 2.20. The summed E-state index contributed by atoms with van der Waals surface area (Å²) in [4.78, 5) is 4.53. The molecule has 1 aliphatic rings. The highest BCUT2D eigenvalue weighted by Crippen LogP contribution is 2.35. The van der Waals surface area contributed by atoms with Gasteiger partial charge < -0.3 is 9.67 Å². The standard InChI is InChI=1S/C17H22N2OS/c1-13-5-4-6-14(9-13)12-21-17-18-10-16(11-20)19(17)15-7-2-3-8-15/h4-6,9-10,15,20H,2-3,7-8,11-12H2,1H3. The minimum Gasteiger partial charge on any atom is -0.390 e. The summed E-state index contributed by atoms with van der Waals surface area (Å²) < 4.78 is 2.27. The van der Waals surface area contributed by atoms with Crippen LogP contribution < -0.4 is 0 Å². The maximum atomic E-state index is 9.54. The van der Waals surface area contributed by atoms with Gasteiger partial charge in [-0.1, -0.05) is 54.4 Å². The van der Waals surface area contributed by atoms with E-state index in [9.17, 15) is 5.11 Å². The molecular formula is C17H22N2OS. The molecule has 1 aliphatic carbocycles. The zero-order chi connectivity index (χ0) is 14.7. The molecule has 1 aromatic heterocycles. The van der Waals surface area contributed by atoms with Crippen molar-refractivity contribution in [3.63, 3.8) is 0 Å². The molecule has 1 aromatic carbocycles. The Morgan fingerprint density at radius 2 is 2.14 bits per heavy atom. The topological polar surface area (TPSA) is 38.1 Å². The van der Waals surface area contributed by atoms with Crippen LogP contribution in [0.4, 0.5) is 0 Å². The number of aromatic nitrogens is 2. The Hall–Kier alpha value is -1.26. The lowest BCUT2D eigenvalue weighted by atomic mass is 10.2. The van der Waals surface area contributed by atoms with E-state index in [2.05, 4.69) is 40.7 Å². The van der Waals surface area contributed by atoms with Gasteiger partial charge in [-0.3, -0.25) is 0 Å². The maximum Gasteiger partial charge on any atom is 0.168 e. The Morgan fingerprint density at radius 1 is 1.33 bits per heavy atom. The molecule has 0 amide bonds. The molecular weight excluding hydrogens is 280 g/mol. The van der Waals surface area contributed by atoms with Crippen LogP contribution in [0.25, 0.3) is 0 Å². The minimum atomic E-state index is 0.0779. The van der Waals surface area contributed by atoms with Gasteiger partial charge in [0.25, 0.3) is 0 Å². The molecule has 1 N–H and O–H groups in total. The number of rotatable bonds is 5. The smallest absolute Gasteiger partial charge is 0.168 e. The van der Waals surface area contributed by atoms with E-state index < -0.39 is 0 Å². The second-order valence-corrected chi connectivity index (χ2v) is 6.72. The molecule has 1 saturated carbocycles. The molecule has 3 rings (SSSR count). The lowest BCUT2D eigenvalue weighted by Gasteiger charge is -2.17. The van der Waals surface area contributed by atoms with Gasteiger partial charge in [0.15, 0.2) is 5.16 Å². The van der Waals surface area contributed by atoms with Gasteiger partial charge in [-0.15, -0.1) is 0 Å². The van der Waals surface area contributed by atoms with Crippen LogP contribution in [0, 0.1) is 6.92 Å². The van der Waals surface area contributed by atoms with Crippen molar-refractivity contribution in [1.82, 2.24) is 9.55 Å². The van der Waals surface area contributed by atoms with Crippen molar-refractivity contribution in [2.24, 2.45) is 0 Å². The maximum absolute atomic E-state index is 9.54. The molecule has 0 saturated heterocycles. The summed E-state index contributed by atoms with van der Waals surface area (Å²) in [6.07, 6.45) is 6.82. The highest BCUT2D eigenvalue weighted by Gasteiger charge is 2.22. The molecule has 1 heterocycles. The number of hydrogen-bond acceptors (Lipinski definition) is 3. The highest BCUT2D eigenvalue weighted by molar-refractivity contribution is 7.98. The number of imidazole rings is 1. The van der Waals surface area contributed by atoms with Crippen LogP contribution >= 0.6 is 11.8 Å². The predicted molar refractivity (Wildman–Crippen MR) is 86.4 cm³/mol. The first-order valence-electron chi connectivity index (χ1n) is 7.63. The number of thioether (sulfide) groups is 1. The van der Waals surface area contributed by atoms with E-state index >= 15 is 0 Å². The Labute approximate surface area is 130 Å². The zero-order valence-corrected chi connectivity index (χ0v) is 13.3. The second-order valence-electron chi connectivity index (χ2n) is 5.78. The lowest BCUT2D eigenvalue weighted by Crippen LogP contribution is -2.10. The summed E-state index contributed by atoms with van der Waals surface area (Å²) in [7, 11) is 0. The quantitative estimate of drug-likeness (QED) is 0.845. The van der Waals surface area contributed by atoms with Gasteiger partial charge in [0.2, 0.25) is 0 Å². The van der Waals surface area contributed by atoms with Gasteiger partial charge in [-0.25, -0.2) is 4.98 Å². The SMILES string of the molecule is Cc1cccc(CSc2ncc(CO)n2C2CCCC2)c1. The molecule has 2 aromatic rings. The number of aliphatic hydroxyl groups excluding tert-OH is 1. The summed E-state index contributed by atoms with van der Waals surface area (Å²) >= 11 is 1.77. The normalized spacial score (nSPS) is 15.7. The van der Waals surface area contributed by atoms with Crippen molar-refractivity contribution in [3.05, 3.63) is 47.3 Å². The fraction of sp³-hybridized carbons (Fsp3) is 0.471. The number of aliphatic hydroxyl groups is 1. The second kappa shape index (κ2) is 6.67. The molecule has 0 aliphatic heterocycles. The monoisotopic (exact) mass is 302 g/mol. The van der Waals surface area contributed by atoms with Crippen LogP contribution in [0.3, 0.4) is 0 Å². The summed E-state index contributed by atoms with van der Waals surface area (Å²) in [5, 5.41) is 10.6. The molecule has 1 fully saturated rings. The number of nitrogens with zero attached hydrogens (tertiary/aromatic N) is 2. The molecule has 3 nitrogen and oxygen atoms in total. The van der Waals surface area contributed by atoms with Crippen LogP contribution in [0.1, 0.15) is 48.5 Å². The third-order valence-corrected chi connectivity index (χ3v) is 5.18. The van der Waals surface area contributed by atoms with E-state index in [0.29, 0.717) is 6.04 Å². The average Bonchev–Trinajstić information content (AvgIpc) is 3.13. The fourth-order valence-electron chi connectivity index (χ4n) is 3.10. The van der Waals surface area contributed by atoms with Gasteiger partial charge in [0.1, 0.15) is 0 Å². The van der Waals surface area contributed by atoms with E-state index in [4.69, 9.17) is 0 Å².